The molecule has 1 fully saturated rings. The van der Waals surface area contributed by atoms with Crippen molar-refractivity contribution in [3.63, 3.8) is 0 Å². The van der Waals surface area contributed by atoms with Gasteiger partial charge in [0.1, 0.15) is 6.61 Å². The molecule has 0 radical (unpaired) electrons. The van der Waals surface area contributed by atoms with E-state index in [-0.39, 0.29) is 24.9 Å². The second-order valence-electron chi connectivity index (χ2n) is 6.17. The minimum atomic E-state index is -0.569. The van der Waals surface area contributed by atoms with Crippen LogP contribution in [0.2, 0.25) is 0 Å². The normalized spacial score (nSPS) is 19.1. The lowest BCUT2D eigenvalue weighted by Crippen LogP contribution is -2.37. The largest absolute Gasteiger partial charge is 0.445 e. The number of likely N-dealkylation sites (tertiary alicyclic amines) is 1. The van der Waals surface area contributed by atoms with Crippen LogP contribution in [-0.2, 0) is 11.3 Å². The summed E-state index contributed by atoms with van der Waals surface area (Å²) in [5.41, 5.74) is 0.650. The van der Waals surface area contributed by atoms with Crippen LogP contribution in [0.1, 0.15) is 12.0 Å². The summed E-state index contributed by atoms with van der Waals surface area (Å²) in [6.45, 7) is 0.258. The molecule has 9 heteroatoms. The van der Waals surface area contributed by atoms with Crippen molar-refractivity contribution in [2.75, 3.05) is 12.3 Å². The minimum Gasteiger partial charge on any atom is -0.445 e. The maximum atomic E-state index is 12.4. The maximum absolute atomic E-state index is 12.4. The fourth-order valence-corrected chi connectivity index (χ4v) is 3.86. The summed E-state index contributed by atoms with van der Waals surface area (Å²) in [5, 5.41) is 20.6. The van der Waals surface area contributed by atoms with Gasteiger partial charge in [-0.3, -0.25) is 15.1 Å². The summed E-state index contributed by atoms with van der Waals surface area (Å²) < 4.78 is 5.33. The van der Waals surface area contributed by atoms with Crippen molar-refractivity contribution in [1.29, 1.82) is 0 Å². The molecular weight excluding hydrogens is 370 g/mol. The van der Waals surface area contributed by atoms with Crippen LogP contribution in [0.4, 0.5) is 10.5 Å². The van der Waals surface area contributed by atoms with Crippen LogP contribution in [0.15, 0.2) is 53.7 Å². The minimum absolute atomic E-state index is 0.0130. The first-order valence-corrected chi connectivity index (χ1v) is 9.39. The summed E-state index contributed by atoms with van der Waals surface area (Å²) in [6.07, 6.45) is 2.86. The maximum Gasteiger partial charge on any atom is 0.410 e. The van der Waals surface area contributed by atoms with Gasteiger partial charge in [-0.15, -0.1) is 11.8 Å². The number of hydrogen-bond acceptors (Lipinski definition) is 7. The summed E-state index contributed by atoms with van der Waals surface area (Å²) in [4.78, 5) is 29.2. The number of nitro groups is 1. The highest BCUT2D eigenvalue weighted by Gasteiger charge is 2.35. The third kappa shape index (κ3) is 5.18. The Morgan fingerprint density at radius 3 is 2.67 bits per heavy atom. The number of non-ortho nitro benzene ring substituents is 1. The molecule has 2 atom stereocenters. The molecule has 0 unspecified atom stereocenters. The van der Waals surface area contributed by atoms with Gasteiger partial charge < -0.3 is 14.7 Å². The van der Waals surface area contributed by atoms with Gasteiger partial charge in [0.2, 0.25) is 0 Å². The molecule has 1 aromatic heterocycles. The van der Waals surface area contributed by atoms with E-state index in [1.165, 1.54) is 12.1 Å². The molecule has 1 saturated heterocycles. The first-order valence-electron chi connectivity index (χ1n) is 8.40. The number of rotatable bonds is 6. The number of β-amino-alcohol motifs (C(OH)–C–C–N with tert-alkyl or cyclic N) is 1. The van der Waals surface area contributed by atoms with E-state index in [4.69, 9.17) is 4.74 Å². The van der Waals surface area contributed by atoms with E-state index in [0.29, 0.717) is 17.7 Å². The van der Waals surface area contributed by atoms with Crippen molar-refractivity contribution in [1.82, 2.24) is 9.88 Å². The van der Waals surface area contributed by atoms with Gasteiger partial charge in [-0.1, -0.05) is 0 Å². The third-order valence-corrected chi connectivity index (χ3v) is 5.39. The summed E-state index contributed by atoms with van der Waals surface area (Å²) in [5.74, 6) is 0.647. The Morgan fingerprint density at radius 1 is 1.30 bits per heavy atom. The van der Waals surface area contributed by atoms with Crippen molar-refractivity contribution in [3.8, 4) is 0 Å². The van der Waals surface area contributed by atoms with Gasteiger partial charge in [0.15, 0.2) is 0 Å². The lowest BCUT2D eigenvalue weighted by Gasteiger charge is -2.23. The van der Waals surface area contributed by atoms with Gasteiger partial charge >= 0.3 is 6.09 Å². The lowest BCUT2D eigenvalue weighted by molar-refractivity contribution is -0.384. The average molecular weight is 389 g/mol. The number of pyridine rings is 1. The third-order valence-electron chi connectivity index (χ3n) is 4.23. The number of nitro benzene ring substituents is 1. The van der Waals surface area contributed by atoms with E-state index >= 15 is 0 Å². The zero-order valence-corrected chi connectivity index (χ0v) is 15.2. The first-order chi connectivity index (χ1) is 13.0. The van der Waals surface area contributed by atoms with Crippen molar-refractivity contribution in [2.45, 2.75) is 30.1 Å². The molecule has 0 saturated carbocycles. The number of aromatic nitrogens is 1. The van der Waals surface area contributed by atoms with Crippen molar-refractivity contribution in [2.24, 2.45) is 0 Å². The average Bonchev–Trinajstić information content (AvgIpc) is 3.06. The van der Waals surface area contributed by atoms with E-state index < -0.39 is 17.1 Å². The number of nitrogens with zero attached hydrogens (tertiary/aromatic N) is 3. The van der Waals surface area contributed by atoms with Crippen LogP contribution in [0.25, 0.3) is 0 Å². The SMILES string of the molecule is O=C(OCc1ccc([N+](=O)[O-])cc1)N1C[C@H](O)C[C@H]1CSc1ccncc1. The number of benzene rings is 1. The Morgan fingerprint density at radius 2 is 2.00 bits per heavy atom. The van der Waals surface area contributed by atoms with Crippen molar-refractivity contribution < 1.29 is 19.6 Å². The topological polar surface area (TPSA) is 106 Å². The molecule has 1 aromatic carbocycles. The molecule has 2 aromatic rings. The molecule has 8 nitrogen and oxygen atoms in total. The molecule has 27 heavy (non-hydrogen) atoms. The second-order valence-corrected chi connectivity index (χ2v) is 7.26. The monoisotopic (exact) mass is 389 g/mol. The summed E-state index contributed by atoms with van der Waals surface area (Å²) in [6, 6.07) is 9.53. The molecule has 1 amide bonds. The molecule has 0 bridgehead atoms. The van der Waals surface area contributed by atoms with E-state index in [0.717, 1.165) is 4.90 Å². The lowest BCUT2D eigenvalue weighted by atomic mass is 10.2. The predicted octanol–water partition coefficient (Wildman–Crippen LogP) is 2.85. The van der Waals surface area contributed by atoms with Crippen LogP contribution in [0, 0.1) is 10.1 Å². The Bertz CT molecular complexity index is 787. The smallest absolute Gasteiger partial charge is 0.410 e. The van der Waals surface area contributed by atoms with E-state index in [1.54, 1.807) is 41.2 Å². The van der Waals surface area contributed by atoms with Crippen LogP contribution in [-0.4, -0.2) is 50.5 Å². The number of carbonyl (C=O) groups excluding carboxylic acids is 1. The Balaban J connectivity index is 1.54. The molecule has 142 valence electrons. The molecule has 0 spiro atoms. The van der Waals surface area contributed by atoms with Crippen molar-refractivity contribution in [3.05, 3.63) is 64.5 Å². The van der Waals surface area contributed by atoms with Crippen molar-refractivity contribution >= 4 is 23.5 Å². The second kappa shape index (κ2) is 8.83. The molecule has 0 aliphatic carbocycles. The predicted molar refractivity (Wildman–Crippen MR) is 99.4 cm³/mol. The Kier molecular flexibility index (Phi) is 6.25. The number of aliphatic hydroxyl groups is 1. The van der Waals surface area contributed by atoms with E-state index in [2.05, 4.69) is 4.98 Å². The van der Waals surface area contributed by atoms with Crippen LogP contribution in [0.5, 0.6) is 0 Å². The first kappa shape index (κ1) is 19.1. The molecule has 2 heterocycles. The highest BCUT2D eigenvalue weighted by atomic mass is 32.2. The van der Waals surface area contributed by atoms with Gasteiger partial charge in [0, 0.05) is 41.2 Å². The Hall–Kier alpha value is -2.65. The number of thioether (sulfide) groups is 1. The van der Waals surface area contributed by atoms with Gasteiger partial charge in [-0.2, -0.15) is 0 Å². The fraction of sp³-hybridized carbons (Fsp3) is 0.333. The highest BCUT2D eigenvalue weighted by molar-refractivity contribution is 7.99. The quantitative estimate of drug-likeness (QED) is 0.460. The number of hydrogen-bond donors (Lipinski definition) is 1. The van der Waals surface area contributed by atoms with Crippen LogP contribution < -0.4 is 0 Å². The zero-order valence-electron chi connectivity index (χ0n) is 14.4. The molecular formula is C18H19N3O5S. The molecule has 1 aliphatic heterocycles. The highest BCUT2D eigenvalue weighted by Crippen LogP contribution is 2.26. The van der Waals surface area contributed by atoms with Crippen LogP contribution >= 0.6 is 11.8 Å². The number of amides is 1. The van der Waals surface area contributed by atoms with Gasteiger partial charge in [0.05, 0.1) is 17.6 Å². The molecule has 1 aliphatic rings. The standard InChI is InChI=1S/C18H19N3O5S/c22-16-9-15(12-27-17-5-7-19-8-6-17)20(10-16)18(23)26-11-13-1-3-14(4-2-13)21(24)25/h1-8,15-16,22H,9-12H2/t15-,16+/m0/s1. The number of carbonyl (C=O) groups is 1. The van der Waals surface area contributed by atoms with Crippen LogP contribution in [0.3, 0.4) is 0 Å². The molecule has 1 N–H and O–H groups in total. The van der Waals surface area contributed by atoms with Gasteiger partial charge in [-0.05, 0) is 36.2 Å². The summed E-state index contributed by atoms with van der Waals surface area (Å²) >= 11 is 1.60. The Labute approximate surface area is 160 Å². The number of ether oxygens (including phenoxy) is 1. The van der Waals surface area contributed by atoms with Gasteiger partial charge in [-0.25, -0.2) is 4.79 Å². The zero-order chi connectivity index (χ0) is 19.2. The summed E-state index contributed by atoms with van der Waals surface area (Å²) in [7, 11) is 0. The van der Waals surface area contributed by atoms with E-state index in [1.807, 2.05) is 12.1 Å². The molecule has 3 rings (SSSR count). The van der Waals surface area contributed by atoms with E-state index in [9.17, 15) is 20.0 Å². The number of aliphatic hydroxyl groups excluding tert-OH is 1. The fourth-order valence-electron chi connectivity index (χ4n) is 2.84. The van der Waals surface area contributed by atoms with Gasteiger partial charge in [0.25, 0.3) is 5.69 Å².